The van der Waals surface area contributed by atoms with E-state index in [4.69, 9.17) is 4.42 Å². The lowest BCUT2D eigenvalue weighted by Gasteiger charge is -2.65. The Morgan fingerprint density at radius 3 is 1.75 bits per heavy atom. The summed E-state index contributed by atoms with van der Waals surface area (Å²) in [7, 11) is 0. The van der Waals surface area contributed by atoms with Crippen molar-refractivity contribution in [3.63, 3.8) is 0 Å². The Morgan fingerprint density at radius 2 is 0.985 bits per heavy atom. The molecule has 0 unspecified atom stereocenters. The number of fused-ring (bicyclic) bond motifs is 6. The van der Waals surface area contributed by atoms with Crippen molar-refractivity contribution in [1.82, 2.24) is 0 Å². The first kappa shape index (κ1) is 37.2. The molecule has 4 bridgehead atoms. The summed E-state index contributed by atoms with van der Waals surface area (Å²) in [5.74, 6) is 2.87. The molecule has 0 atom stereocenters. The molecule has 1 heterocycles. The van der Waals surface area contributed by atoms with Gasteiger partial charge in [-0.05, 0) is 148 Å². The molecule has 312 valence electrons. The molecule has 9 aromatic carbocycles. The van der Waals surface area contributed by atoms with Crippen LogP contribution in [0.3, 0.4) is 0 Å². The van der Waals surface area contributed by atoms with Gasteiger partial charge in [-0.15, -0.1) is 0 Å². The zero-order chi connectivity index (χ0) is 42.7. The van der Waals surface area contributed by atoms with Crippen LogP contribution in [0, 0.1) is 23.7 Å². The third-order valence-electron chi connectivity index (χ3n) is 16.5. The molecule has 15 rings (SSSR count). The second-order valence-corrected chi connectivity index (χ2v) is 19.6. The maximum absolute atomic E-state index is 6.64. The van der Waals surface area contributed by atoms with E-state index in [2.05, 4.69) is 217 Å². The van der Waals surface area contributed by atoms with Gasteiger partial charge in [0.1, 0.15) is 11.2 Å². The maximum Gasteiger partial charge on any atom is 0.143 e. The summed E-state index contributed by atoms with van der Waals surface area (Å²) in [5.41, 5.74) is 15.6. The van der Waals surface area contributed by atoms with E-state index < -0.39 is 5.41 Å². The first-order chi connectivity index (χ1) is 32.2. The molecule has 0 radical (unpaired) electrons. The molecule has 5 aliphatic rings. The molecular weight excluding hydrogens is 787 g/mol. The Morgan fingerprint density at radius 1 is 0.400 bits per heavy atom. The van der Waals surface area contributed by atoms with Crippen LogP contribution >= 0.6 is 0 Å². The zero-order valence-corrected chi connectivity index (χ0v) is 36.4. The summed E-state index contributed by atoms with van der Waals surface area (Å²) in [6.07, 6.45) is 6.69. The van der Waals surface area contributed by atoms with Crippen LogP contribution in [0.5, 0.6) is 0 Å². The van der Waals surface area contributed by atoms with Gasteiger partial charge in [-0.25, -0.2) is 0 Å². The minimum absolute atomic E-state index is 0.0870. The van der Waals surface area contributed by atoms with Gasteiger partial charge in [-0.1, -0.05) is 170 Å². The number of nitrogens with zero attached hydrogens (tertiary/aromatic N) is 1. The molecule has 4 saturated carbocycles. The van der Waals surface area contributed by atoms with Crippen molar-refractivity contribution in [2.75, 3.05) is 4.90 Å². The van der Waals surface area contributed by atoms with E-state index >= 15 is 0 Å². The van der Waals surface area contributed by atoms with Gasteiger partial charge in [0.15, 0.2) is 0 Å². The van der Waals surface area contributed by atoms with Gasteiger partial charge in [-0.3, -0.25) is 0 Å². The molecule has 10 aromatic rings. The molecule has 0 N–H and O–H groups in total. The van der Waals surface area contributed by atoms with Gasteiger partial charge in [0.25, 0.3) is 0 Å². The van der Waals surface area contributed by atoms with E-state index in [9.17, 15) is 0 Å². The summed E-state index contributed by atoms with van der Waals surface area (Å²) in [6, 6.07) is 80.1. The predicted octanol–water partition coefficient (Wildman–Crippen LogP) is 16.3. The normalized spacial score (nSPS) is 22.3. The third kappa shape index (κ3) is 5.29. The van der Waals surface area contributed by atoms with Crippen LogP contribution in [-0.2, 0) is 10.8 Å². The largest absolute Gasteiger partial charge is 0.455 e. The molecule has 4 fully saturated rings. The fraction of sp³-hybridized carbons (Fsp3) is 0.175. The standard InChI is InChI=1S/C63H49NO/c1-3-18-46(19-4-1)62(47-20-5-2-6-21-47)56-26-10-11-27-57(56)63(48-34-41-33-42(36-48)37-49(63)35-41)59-40-52(31-32-58(59)62)64(51-30-29-43-15-7-8-16-44(43)38-51)50-22-13-17-45(39-50)53-24-14-25-55-54-23-9-12-28-60(54)65-61(53)55/h1-32,38-42,48-49H,33-37H2. The highest BCUT2D eigenvalue weighted by molar-refractivity contribution is 6.09. The number of rotatable bonds is 6. The van der Waals surface area contributed by atoms with Gasteiger partial charge in [-0.2, -0.15) is 0 Å². The first-order valence-electron chi connectivity index (χ1n) is 23.8. The zero-order valence-electron chi connectivity index (χ0n) is 36.4. The lowest BCUT2D eigenvalue weighted by atomic mass is 9.38. The topological polar surface area (TPSA) is 16.4 Å². The van der Waals surface area contributed by atoms with Crippen molar-refractivity contribution < 1.29 is 4.42 Å². The molecule has 0 saturated heterocycles. The van der Waals surface area contributed by atoms with E-state index in [0.29, 0.717) is 11.8 Å². The fourth-order valence-corrected chi connectivity index (χ4v) is 14.3. The number of anilines is 3. The van der Waals surface area contributed by atoms with E-state index in [1.165, 1.54) is 76.4 Å². The summed E-state index contributed by atoms with van der Waals surface area (Å²) in [4.78, 5) is 2.53. The molecule has 5 aliphatic carbocycles. The fourth-order valence-electron chi connectivity index (χ4n) is 14.3. The molecule has 65 heavy (non-hydrogen) atoms. The van der Waals surface area contributed by atoms with Gasteiger partial charge in [0.2, 0.25) is 0 Å². The minimum Gasteiger partial charge on any atom is -0.455 e. The Bertz CT molecular complexity index is 3400. The molecule has 1 spiro atoms. The third-order valence-corrected chi connectivity index (χ3v) is 16.5. The average Bonchev–Trinajstić information content (AvgIpc) is 3.75. The number of hydrogen-bond acceptors (Lipinski definition) is 2. The SMILES string of the molecule is c1ccc(C2(c3ccccc3)c3ccccc3C3(c4cc(N(c5cccc(-c6cccc7c6oc6ccccc67)c5)c5ccc6ccccc6c5)ccc42)C2CC4CC(C2)CC3C4)cc1. The summed E-state index contributed by atoms with van der Waals surface area (Å²) in [6.45, 7) is 0. The molecule has 1 aromatic heterocycles. The summed E-state index contributed by atoms with van der Waals surface area (Å²) < 4.78 is 6.64. The van der Waals surface area contributed by atoms with Crippen LogP contribution < -0.4 is 4.90 Å². The van der Waals surface area contributed by atoms with Crippen LogP contribution in [-0.4, -0.2) is 0 Å². The lowest BCUT2D eigenvalue weighted by Crippen LogP contribution is -2.59. The molecule has 2 nitrogen and oxygen atoms in total. The highest BCUT2D eigenvalue weighted by atomic mass is 16.3. The van der Waals surface area contributed by atoms with E-state index in [1.54, 1.807) is 5.56 Å². The van der Waals surface area contributed by atoms with E-state index in [0.717, 1.165) is 56.3 Å². The van der Waals surface area contributed by atoms with Crippen LogP contribution in [0.1, 0.15) is 65.5 Å². The van der Waals surface area contributed by atoms with Crippen LogP contribution in [0.4, 0.5) is 17.1 Å². The first-order valence-corrected chi connectivity index (χ1v) is 23.8. The van der Waals surface area contributed by atoms with E-state index in [1.807, 2.05) is 0 Å². The van der Waals surface area contributed by atoms with Crippen LogP contribution in [0.25, 0.3) is 43.8 Å². The molecule has 2 heteroatoms. The van der Waals surface area contributed by atoms with Crippen LogP contribution in [0.15, 0.2) is 217 Å². The van der Waals surface area contributed by atoms with Crippen molar-refractivity contribution in [3.8, 4) is 11.1 Å². The van der Waals surface area contributed by atoms with Gasteiger partial charge < -0.3 is 9.32 Å². The second-order valence-electron chi connectivity index (χ2n) is 19.6. The number of benzene rings is 9. The van der Waals surface area contributed by atoms with Gasteiger partial charge >= 0.3 is 0 Å². The van der Waals surface area contributed by atoms with Crippen LogP contribution in [0.2, 0.25) is 0 Å². The number of hydrogen-bond donors (Lipinski definition) is 0. The summed E-state index contributed by atoms with van der Waals surface area (Å²) >= 11 is 0. The number of para-hydroxylation sites is 2. The van der Waals surface area contributed by atoms with Gasteiger partial charge in [0.05, 0.1) is 5.41 Å². The quantitative estimate of drug-likeness (QED) is 0.166. The Hall–Kier alpha value is -7.16. The highest BCUT2D eigenvalue weighted by Crippen LogP contribution is 2.70. The average molecular weight is 836 g/mol. The smallest absolute Gasteiger partial charge is 0.143 e. The van der Waals surface area contributed by atoms with Crippen molar-refractivity contribution in [2.24, 2.45) is 23.7 Å². The Labute approximate surface area is 380 Å². The maximum atomic E-state index is 6.64. The molecule has 0 amide bonds. The lowest BCUT2D eigenvalue weighted by molar-refractivity contribution is -0.0440. The highest BCUT2D eigenvalue weighted by Gasteiger charge is 2.63. The second kappa shape index (κ2) is 14.2. The van der Waals surface area contributed by atoms with Crippen molar-refractivity contribution in [2.45, 2.75) is 42.9 Å². The monoisotopic (exact) mass is 835 g/mol. The summed E-state index contributed by atoms with van der Waals surface area (Å²) in [5, 5.41) is 4.77. The molecular formula is C63H49NO. The van der Waals surface area contributed by atoms with Crippen molar-refractivity contribution in [3.05, 3.63) is 246 Å². The Balaban J connectivity index is 1.05. The predicted molar refractivity (Wildman–Crippen MR) is 267 cm³/mol. The molecule has 0 aliphatic heterocycles. The number of furan rings is 1. The Kier molecular flexibility index (Phi) is 8.12. The van der Waals surface area contributed by atoms with Gasteiger partial charge in [0, 0.05) is 38.8 Å². The van der Waals surface area contributed by atoms with E-state index in [-0.39, 0.29) is 5.41 Å². The van der Waals surface area contributed by atoms with Crippen molar-refractivity contribution >= 4 is 49.8 Å². The van der Waals surface area contributed by atoms with Crippen molar-refractivity contribution in [1.29, 1.82) is 0 Å². The minimum atomic E-state index is -0.494.